The Bertz CT molecular complexity index is 645. The summed E-state index contributed by atoms with van der Waals surface area (Å²) in [6.45, 7) is 0.455. The molecule has 4 nitrogen and oxygen atoms in total. The van der Waals surface area contributed by atoms with Gasteiger partial charge in [0.15, 0.2) is 5.84 Å². The molecule has 0 radical (unpaired) electrons. The fraction of sp³-hybridized carbons (Fsp3) is 0.0714. The summed E-state index contributed by atoms with van der Waals surface area (Å²) in [6.07, 6.45) is 0. The summed E-state index contributed by atoms with van der Waals surface area (Å²) in [5, 5.41) is 11.6. The summed E-state index contributed by atoms with van der Waals surface area (Å²) in [7, 11) is 0. The number of ether oxygens (including phenoxy) is 1. The summed E-state index contributed by atoms with van der Waals surface area (Å²) in [4.78, 5) is 0. The predicted molar refractivity (Wildman–Crippen MR) is 85.1 cm³/mol. The van der Waals surface area contributed by atoms with Crippen LogP contribution in [0.3, 0.4) is 0 Å². The highest BCUT2D eigenvalue weighted by molar-refractivity contribution is 9.10. The molecule has 0 saturated carbocycles. The molecule has 3 N–H and O–H groups in total. The minimum absolute atomic E-state index is 0.0502. The van der Waals surface area contributed by atoms with E-state index in [9.17, 15) is 0 Å². The van der Waals surface area contributed by atoms with Crippen molar-refractivity contribution in [1.29, 1.82) is 0 Å². The van der Waals surface area contributed by atoms with Crippen LogP contribution in [-0.4, -0.2) is 11.0 Å². The molecule has 0 fully saturated rings. The van der Waals surface area contributed by atoms with Crippen LogP contribution in [0.1, 0.15) is 11.1 Å². The molecule has 2 aromatic carbocycles. The molecule has 0 saturated heterocycles. The normalized spacial score (nSPS) is 11.4. The van der Waals surface area contributed by atoms with Crippen molar-refractivity contribution in [3.8, 4) is 5.75 Å². The Hall–Kier alpha value is -1.53. The van der Waals surface area contributed by atoms with Gasteiger partial charge in [-0.15, -0.1) is 0 Å². The van der Waals surface area contributed by atoms with Crippen LogP contribution in [0.15, 0.2) is 56.6 Å². The van der Waals surface area contributed by atoms with E-state index in [2.05, 4.69) is 37.0 Å². The van der Waals surface area contributed by atoms with E-state index in [4.69, 9.17) is 15.7 Å². The maximum atomic E-state index is 8.67. The van der Waals surface area contributed by atoms with E-state index >= 15 is 0 Å². The average Bonchev–Trinajstić information content (AvgIpc) is 2.46. The van der Waals surface area contributed by atoms with Crippen molar-refractivity contribution in [2.45, 2.75) is 6.61 Å². The van der Waals surface area contributed by atoms with Crippen LogP contribution in [0.5, 0.6) is 5.75 Å². The minimum atomic E-state index is 0.0502. The van der Waals surface area contributed by atoms with Gasteiger partial charge < -0.3 is 15.7 Å². The van der Waals surface area contributed by atoms with Crippen LogP contribution in [-0.2, 0) is 6.61 Å². The number of nitrogens with zero attached hydrogens (tertiary/aromatic N) is 1. The number of oxime groups is 1. The summed E-state index contributed by atoms with van der Waals surface area (Å²) >= 11 is 6.84. The predicted octanol–water partition coefficient (Wildman–Crippen LogP) is 3.89. The number of amidine groups is 1. The van der Waals surface area contributed by atoms with Crippen molar-refractivity contribution < 1.29 is 9.94 Å². The monoisotopic (exact) mass is 398 g/mol. The van der Waals surface area contributed by atoms with Gasteiger partial charge in [0.2, 0.25) is 0 Å². The largest absolute Gasteiger partial charge is 0.489 e. The fourth-order valence-corrected chi connectivity index (χ4v) is 2.58. The molecule has 6 heteroatoms. The zero-order chi connectivity index (χ0) is 14.5. The quantitative estimate of drug-likeness (QED) is 0.354. The van der Waals surface area contributed by atoms with Gasteiger partial charge in [-0.25, -0.2) is 0 Å². The van der Waals surface area contributed by atoms with Crippen molar-refractivity contribution in [1.82, 2.24) is 0 Å². The Morgan fingerprint density at radius 2 is 1.90 bits per heavy atom. The lowest BCUT2D eigenvalue weighted by atomic mass is 10.2. The van der Waals surface area contributed by atoms with Gasteiger partial charge in [-0.2, -0.15) is 0 Å². The van der Waals surface area contributed by atoms with Crippen LogP contribution >= 0.6 is 31.9 Å². The van der Waals surface area contributed by atoms with Gasteiger partial charge >= 0.3 is 0 Å². The molecule has 2 aromatic rings. The number of hydrogen-bond acceptors (Lipinski definition) is 3. The molecular formula is C14H12Br2N2O2. The number of nitrogens with two attached hydrogens (primary N) is 1. The van der Waals surface area contributed by atoms with E-state index in [0.717, 1.165) is 10.0 Å². The van der Waals surface area contributed by atoms with Crippen LogP contribution in [0, 0.1) is 0 Å². The third-order valence-electron chi connectivity index (χ3n) is 2.68. The molecule has 104 valence electrons. The highest BCUT2D eigenvalue weighted by atomic mass is 79.9. The van der Waals surface area contributed by atoms with Gasteiger partial charge in [0.05, 0.1) is 0 Å². The molecular weight excluding hydrogens is 388 g/mol. The van der Waals surface area contributed by atoms with Gasteiger partial charge in [0.1, 0.15) is 12.4 Å². The molecule has 0 unspecified atom stereocenters. The van der Waals surface area contributed by atoms with Crippen molar-refractivity contribution in [2.75, 3.05) is 0 Å². The zero-order valence-corrected chi connectivity index (χ0v) is 13.6. The number of hydrogen-bond donors (Lipinski definition) is 2. The smallest absolute Gasteiger partial charge is 0.171 e. The first kappa shape index (κ1) is 14.9. The number of halogens is 2. The van der Waals surface area contributed by atoms with Gasteiger partial charge in [-0.1, -0.05) is 39.3 Å². The minimum Gasteiger partial charge on any atom is -0.489 e. The molecule has 0 aromatic heterocycles. The Morgan fingerprint density at radius 1 is 1.15 bits per heavy atom. The third kappa shape index (κ3) is 3.52. The lowest BCUT2D eigenvalue weighted by Crippen LogP contribution is -2.13. The second kappa shape index (κ2) is 6.76. The van der Waals surface area contributed by atoms with Gasteiger partial charge in [-0.3, -0.25) is 0 Å². The summed E-state index contributed by atoms with van der Waals surface area (Å²) in [6, 6.07) is 13.2. The van der Waals surface area contributed by atoms with Gasteiger partial charge in [0.25, 0.3) is 0 Å². The Labute approximate surface area is 133 Å². The van der Waals surface area contributed by atoms with Crippen LogP contribution in [0.4, 0.5) is 0 Å². The van der Waals surface area contributed by atoms with E-state index in [0.29, 0.717) is 22.4 Å². The molecule has 0 spiro atoms. The van der Waals surface area contributed by atoms with Crippen LogP contribution in [0.25, 0.3) is 0 Å². The van der Waals surface area contributed by atoms with Crippen molar-refractivity contribution in [2.24, 2.45) is 10.9 Å². The fourth-order valence-electron chi connectivity index (χ4n) is 1.62. The van der Waals surface area contributed by atoms with Gasteiger partial charge in [0, 0.05) is 20.1 Å². The molecule has 0 aliphatic heterocycles. The second-order valence-corrected chi connectivity index (χ2v) is 5.72. The lowest BCUT2D eigenvalue weighted by molar-refractivity contribution is 0.305. The average molecular weight is 400 g/mol. The first-order valence-electron chi connectivity index (χ1n) is 5.75. The first-order chi connectivity index (χ1) is 9.61. The van der Waals surface area contributed by atoms with E-state index in [-0.39, 0.29) is 5.84 Å². The summed E-state index contributed by atoms with van der Waals surface area (Å²) < 4.78 is 7.43. The molecule has 0 amide bonds. The molecule has 0 aliphatic carbocycles. The first-order valence-corrected chi connectivity index (χ1v) is 7.34. The Kier molecular flexibility index (Phi) is 5.03. The molecule has 20 heavy (non-hydrogen) atoms. The van der Waals surface area contributed by atoms with Gasteiger partial charge in [-0.05, 0) is 40.2 Å². The Morgan fingerprint density at radius 3 is 2.55 bits per heavy atom. The SMILES string of the molecule is N/C(=N/O)c1ccc(OCc2ccccc2Br)cc1Br. The molecule has 0 bridgehead atoms. The number of benzene rings is 2. The summed E-state index contributed by atoms with van der Waals surface area (Å²) in [5.74, 6) is 0.747. The van der Waals surface area contributed by atoms with Crippen molar-refractivity contribution in [3.63, 3.8) is 0 Å². The van der Waals surface area contributed by atoms with Crippen LogP contribution in [0.2, 0.25) is 0 Å². The highest BCUT2D eigenvalue weighted by Crippen LogP contribution is 2.24. The lowest BCUT2D eigenvalue weighted by Gasteiger charge is -2.10. The van der Waals surface area contributed by atoms with E-state index in [1.165, 1.54) is 0 Å². The standard InChI is InChI=1S/C14H12Br2N2O2/c15-12-4-2-1-3-9(12)8-20-10-5-6-11(13(16)7-10)14(17)18-19/h1-7,19H,8H2,(H2,17,18). The number of rotatable bonds is 4. The molecule has 0 heterocycles. The van der Waals surface area contributed by atoms with Crippen molar-refractivity contribution in [3.05, 3.63) is 62.5 Å². The topological polar surface area (TPSA) is 67.8 Å². The van der Waals surface area contributed by atoms with E-state index in [1.807, 2.05) is 24.3 Å². The van der Waals surface area contributed by atoms with E-state index < -0.39 is 0 Å². The third-order valence-corrected chi connectivity index (χ3v) is 4.11. The van der Waals surface area contributed by atoms with Crippen LogP contribution < -0.4 is 10.5 Å². The second-order valence-electron chi connectivity index (χ2n) is 4.01. The molecule has 2 rings (SSSR count). The Balaban J connectivity index is 2.12. The zero-order valence-electron chi connectivity index (χ0n) is 10.4. The molecule has 0 aliphatic rings. The molecule has 0 atom stereocenters. The highest BCUT2D eigenvalue weighted by Gasteiger charge is 2.07. The summed E-state index contributed by atoms with van der Waals surface area (Å²) in [5.41, 5.74) is 7.22. The maximum Gasteiger partial charge on any atom is 0.171 e. The maximum absolute atomic E-state index is 8.67. The van der Waals surface area contributed by atoms with E-state index in [1.54, 1.807) is 18.2 Å². The van der Waals surface area contributed by atoms with Crippen molar-refractivity contribution >= 4 is 37.7 Å².